The monoisotopic (exact) mass is 249 g/mol. The minimum absolute atomic E-state index is 0.0142. The van der Waals surface area contributed by atoms with Crippen LogP contribution in [0.2, 0.25) is 0 Å². The second-order valence-corrected chi connectivity index (χ2v) is 4.10. The van der Waals surface area contributed by atoms with E-state index in [2.05, 4.69) is 11.9 Å². The van der Waals surface area contributed by atoms with Crippen LogP contribution in [0.25, 0.3) is 16.5 Å². The van der Waals surface area contributed by atoms with Crippen LogP contribution in [0.3, 0.4) is 0 Å². The molecule has 1 heterocycles. The molecule has 0 aliphatic carbocycles. The molecule has 0 aliphatic heterocycles. The normalized spacial score (nSPS) is 12.8. The molecule has 1 aromatic carbocycles. The maximum absolute atomic E-state index is 12.4. The van der Waals surface area contributed by atoms with Gasteiger partial charge in [-0.1, -0.05) is 18.7 Å². The summed E-state index contributed by atoms with van der Waals surface area (Å²) < 4.78 is 17.7. The fraction of sp³-hybridized carbons (Fsp3) is 0.286. The van der Waals surface area contributed by atoms with Gasteiger partial charge in [-0.25, -0.2) is 4.39 Å². The van der Waals surface area contributed by atoms with Crippen LogP contribution < -0.4 is 5.32 Å². The molecule has 2 rings (SSSR count). The predicted octanol–water partition coefficient (Wildman–Crippen LogP) is 2.71. The van der Waals surface area contributed by atoms with Crippen LogP contribution in [0.5, 0.6) is 0 Å². The van der Waals surface area contributed by atoms with E-state index in [0.717, 1.165) is 22.1 Å². The Kier molecular flexibility index (Phi) is 4.12. The summed E-state index contributed by atoms with van der Waals surface area (Å²) in [5.74, 6) is 0. The first-order valence-corrected chi connectivity index (χ1v) is 5.83. The summed E-state index contributed by atoms with van der Waals surface area (Å²) in [5.41, 5.74) is 2.41. The van der Waals surface area contributed by atoms with Crippen molar-refractivity contribution in [3.8, 4) is 0 Å². The topological polar surface area (TPSA) is 45.4 Å². The average Bonchev–Trinajstić information content (AvgIpc) is 2.84. The van der Waals surface area contributed by atoms with Gasteiger partial charge in [-0.3, -0.25) is 5.32 Å². The SMILES string of the molecule is C=C(c1ccc2ccoc2c1)C(CCO)NCF. The van der Waals surface area contributed by atoms with E-state index < -0.39 is 6.80 Å². The van der Waals surface area contributed by atoms with Crippen molar-refractivity contribution in [2.75, 3.05) is 13.4 Å². The van der Waals surface area contributed by atoms with Crippen molar-refractivity contribution in [3.63, 3.8) is 0 Å². The summed E-state index contributed by atoms with van der Waals surface area (Å²) in [5, 5.41) is 12.7. The van der Waals surface area contributed by atoms with E-state index in [-0.39, 0.29) is 12.6 Å². The Labute approximate surface area is 105 Å². The predicted molar refractivity (Wildman–Crippen MR) is 69.8 cm³/mol. The number of aliphatic hydroxyl groups excluding tert-OH is 1. The molecule has 0 bridgehead atoms. The van der Waals surface area contributed by atoms with Crippen LogP contribution in [-0.4, -0.2) is 24.6 Å². The Hall–Kier alpha value is -1.65. The van der Waals surface area contributed by atoms with E-state index in [4.69, 9.17) is 9.52 Å². The summed E-state index contributed by atoms with van der Waals surface area (Å²) in [7, 11) is 0. The van der Waals surface area contributed by atoms with Crippen molar-refractivity contribution in [1.29, 1.82) is 0 Å². The minimum atomic E-state index is -0.646. The Bertz CT molecular complexity index is 529. The first-order chi connectivity index (χ1) is 8.76. The number of furan rings is 1. The van der Waals surface area contributed by atoms with Crippen LogP contribution >= 0.6 is 0 Å². The molecule has 96 valence electrons. The molecule has 0 fully saturated rings. The zero-order chi connectivity index (χ0) is 13.0. The number of nitrogens with one attached hydrogen (secondary N) is 1. The molecule has 0 radical (unpaired) electrons. The molecule has 4 heteroatoms. The highest BCUT2D eigenvalue weighted by molar-refractivity contribution is 5.82. The summed E-state index contributed by atoms with van der Waals surface area (Å²) in [6.45, 7) is 3.31. The third kappa shape index (κ3) is 2.60. The Morgan fingerprint density at radius 3 is 3.00 bits per heavy atom. The third-order valence-electron chi connectivity index (χ3n) is 2.99. The lowest BCUT2D eigenvalue weighted by Crippen LogP contribution is -2.30. The van der Waals surface area contributed by atoms with E-state index in [1.807, 2.05) is 24.3 Å². The molecule has 2 N–H and O–H groups in total. The van der Waals surface area contributed by atoms with E-state index in [1.165, 1.54) is 0 Å². The van der Waals surface area contributed by atoms with Gasteiger partial charge in [-0.15, -0.1) is 0 Å². The van der Waals surface area contributed by atoms with Crippen molar-refractivity contribution in [2.45, 2.75) is 12.5 Å². The van der Waals surface area contributed by atoms with Gasteiger partial charge in [0, 0.05) is 18.0 Å². The van der Waals surface area contributed by atoms with Gasteiger partial charge in [0.15, 0.2) is 0 Å². The van der Waals surface area contributed by atoms with Crippen LogP contribution in [0.4, 0.5) is 4.39 Å². The highest BCUT2D eigenvalue weighted by Crippen LogP contribution is 2.24. The third-order valence-corrected chi connectivity index (χ3v) is 2.99. The average molecular weight is 249 g/mol. The Morgan fingerprint density at radius 2 is 2.28 bits per heavy atom. The van der Waals surface area contributed by atoms with Gasteiger partial charge in [0.2, 0.25) is 0 Å². The highest BCUT2D eigenvalue weighted by Gasteiger charge is 2.13. The van der Waals surface area contributed by atoms with Crippen molar-refractivity contribution in [2.24, 2.45) is 0 Å². The van der Waals surface area contributed by atoms with Crippen LogP contribution in [0.15, 0.2) is 41.5 Å². The molecule has 18 heavy (non-hydrogen) atoms. The van der Waals surface area contributed by atoms with E-state index in [1.54, 1.807) is 6.26 Å². The lowest BCUT2D eigenvalue weighted by Gasteiger charge is -2.18. The fourth-order valence-corrected chi connectivity index (χ4v) is 1.98. The summed E-state index contributed by atoms with van der Waals surface area (Å²) in [6, 6.07) is 7.34. The number of halogens is 1. The van der Waals surface area contributed by atoms with E-state index in [0.29, 0.717) is 6.42 Å². The zero-order valence-corrected chi connectivity index (χ0v) is 10.0. The van der Waals surface area contributed by atoms with Gasteiger partial charge >= 0.3 is 0 Å². The van der Waals surface area contributed by atoms with Gasteiger partial charge in [0.1, 0.15) is 12.4 Å². The Morgan fingerprint density at radius 1 is 1.44 bits per heavy atom. The van der Waals surface area contributed by atoms with Gasteiger partial charge < -0.3 is 9.52 Å². The van der Waals surface area contributed by atoms with E-state index >= 15 is 0 Å². The zero-order valence-electron chi connectivity index (χ0n) is 10.0. The van der Waals surface area contributed by atoms with Crippen LogP contribution in [0, 0.1) is 0 Å². The van der Waals surface area contributed by atoms with Crippen LogP contribution in [0.1, 0.15) is 12.0 Å². The van der Waals surface area contributed by atoms with Gasteiger partial charge in [-0.2, -0.15) is 0 Å². The number of hydrogen-bond acceptors (Lipinski definition) is 3. The molecule has 0 aliphatic rings. The summed E-state index contributed by atoms with van der Waals surface area (Å²) in [4.78, 5) is 0. The first-order valence-electron chi connectivity index (χ1n) is 5.83. The summed E-state index contributed by atoms with van der Waals surface area (Å²) >= 11 is 0. The van der Waals surface area contributed by atoms with Gasteiger partial charge in [-0.05, 0) is 29.7 Å². The highest BCUT2D eigenvalue weighted by atomic mass is 19.1. The number of benzene rings is 1. The fourth-order valence-electron chi connectivity index (χ4n) is 1.98. The molecular formula is C14H16FNO2. The van der Waals surface area contributed by atoms with E-state index in [9.17, 15) is 4.39 Å². The molecular weight excluding hydrogens is 233 g/mol. The maximum atomic E-state index is 12.4. The quantitative estimate of drug-likeness (QED) is 0.774. The molecule has 1 atom stereocenters. The standard InChI is InChI=1S/C14H16FNO2/c1-10(13(4-6-17)16-9-15)12-3-2-11-5-7-18-14(11)8-12/h2-3,5,7-8,13,16-17H,1,4,6,9H2. The smallest absolute Gasteiger partial charge is 0.140 e. The summed E-state index contributed by atoms with van der Waals surface area (Å²) in [6.07, 6.45) is 2.06. The van der Waals surface area contributed by atoms with Crippen molar-refractivity contribution < 1.29 is 13.9 Å². The molecule has 0 spiro atoms. The maximum Gasteiger partial charge on any atom is 0.140 e. The molecule has 0 amide bonds. The molecule has 0 saturated carbocycles. The number of hydrogen-bond donors (Lipinski definition) is 2. The minimum Gasteiger partial charge on any atom is -0.464 e. The lowest BCUT2D eigenvalue weighted by molar-refractivity contribution is 0.269. The van der Waals surface area contributed by atoms with Crippen molar-refractivity contribution in [1.82, 2.24) is 5.32 Å². The van der Waals surface area contributed by atoms with Gasteiger partial charge in [0.05, 0.1) is 6.26 Å². The number of rotatable bonds is 6. The Balaban J connectivity index is 2.24. The second-order valence-electron chi connectivity index (χ2n) is 4.10. The second kappa shape index (κ2) is 5.80. The lowest BCUT2D eigenvalue weighted by atomic mass is 9.97. The molecule has 2 aromatic rings. The number of aliphatic hydroxyl groups is 1. The van der Waals surface area contributed by atoms with Crippen molar-refractivity contribution in [3.05, 3.63) is 42.7 Å². The largest absolute Gasteiger partial charge is 0.464 e. The number of fused-ring (bicyclic) bond motifs is 1. The van der Waals surface area contributed by atoms with Gasteiger partial charge in [0.25, 0.3) is 0 Å². The van der Waals surface area contributed by atoms with Crippen molar-refractivity contribution >= 4 is 16.5 Å². The number of alkyl halides is 1. The molecule has 3 nitrogen and oxygen atoms in total. The molecule has 1 unspecified atom stereocenters. The first kappa shape index (κ1) is 12.8. The molecule has 1 aromatic heterocycles. The van der Waals surface area contributed by atoms with Crippen LogP contribution in [-0.2, 0) is 0 Å². The molecule has 0 saturated heterocycles.